The molecule has 0 bridgehead atoms. The second-order valence-electron chi connectivity index (χ2n) is 2.33. The summed E-state index contributed by atoms with van der Waals surface area (Å²) in [5.74, 6) is -0.245. The van der Waals surface area contributed by atoms with Crippen LogP contribution in [0.15, 0.2) is 24.3 Å². The quantitative estimate of drug-likeness (QED) is 0.466. The summed E-state index contributed by atoms with van der Waals surface area (Å²) < 4.78 is 0. The number of carbonyl (C=O) groups is 1. The van der Waals surface area contributed by atoms with Gasteiger partial charge in [-0.15, -0.1) is 12.1 Å². The Hall–Kier alpha value is 1.31. The van der Waals surface area contributed by atoms with Gasteiger partial charge in [0.25, 0.3) is 0 Å². The molecular weight excluding hydrogens is 484 g/mol. The van der Waals surface area contributed by atoms with Gasteiger partial charge in [0.15, 0.2) is 0 Å². The zero-order valence-electron chi connectivity index (χ0n) is 9.49. The molecule has 0 saturated heterocycles. The van der Waals surface area contributed by atoms with Crippen molar-refractivity contribution in [2.75, 3.05) is 7.05 Å². The van der Waals surface area contributed by atoms with Crippen molar-refractivity contribution in [3.05, 3.63) is 49.4 Å². The van der Waals surface area contributed by atoms with Gasteiger partial charge in [-0.2, -0.15) is 6.07 Å². The zero-order chi connectivity index (χ0) is 10.3. The van der Waals surface area contributed by atoms with Crippen LogP contribution in [0.5, 0.6) is 0 Å². The Morgan fingerprint density at radius 3 is 1.94 bits per heavy atom. The Morgan fingerprint density at radius 2 is 1.75 bits per heavy atom. The summed E-state index contributed by atoms with van der Waals surface area (Å²) in [4.78, 5) is 9.59. The molecule has 0 atom stereocenters. The van der Waals surface area contributed by atoms with Crippen molar-refractivity contribution in [3.8, 4) is 0 Å². The van der Waals surface area contributed by atoms with Crippen LogP contribution in [0.2, 0.25) is 0 Å². The first-order chi connectivity index (χ1) is 6.07. The smallest absolute Gasteiger partial charge is 0.756 e. The Morgan fingerprint density at radius 1 is 1.38 bits per heavy atom. The van der Waals surface area contributed by atoms with Gasteiger partial charge in [0.1, 0.15) is 0 Å². The fourth-order valence-corrected chi connectivity index (χ4v) is 0.520. The molecule has 3 nitrogen and oxygen atoms in total. The first-order valence-corrected chi connectivity index (χ1v) is 3.74. The predicted octanol–water partition coefficient (Wildman–Crippen LogP) is -0.882. The van der Waals surface area contributed by atoms with Crippen molar-refractivity contribution in [2.24, 2.45) is 0 Å². The van der Waals surface area contributed by atoms with Gasteiger partial charge in [-0.25, -0.2) is 12.5 Å². The van der Waals surface area contributed by atoms with Crippen LogP contribution in [0.25, 0.3) is 5.73 Å². The molecule has 0 heterocycles. The van der Waals surface area contributed by atoms with Crippen LogP contribution in [-0.2, 0) is 44.4 Å². The summed E-state index contributed by atoms with van der Waals surface area (Å²) in [6, 6.07) is 7.25. The van der Waals surface area contributed by atoms with Crippen molar-refractivity contribution < 1.29 is 103 Å². The third-order valence-corrected chi connectivity index (χ3v) is 1.30. The van der Waals surface area contributed by atoms with Gasteiger partial charge >= 0.3 is 76.7 Å². The van der Waals surface area contributed by atoms with E-state index in [1.807, 2.05) is 18.2 Å². The molecule has 0 aromatic heterocycles. The maximum absolute atomic E-state index is 9.59. The van der Waals surface area contributed by atoms with Gasteiger partial charge in [-0.3, -0.25) is 5.69 Å². The van der Waals surface area contributed by atoms with E-state index in [2.05, 4.69) is 19.2 Å². The minimum atomic E-state index is -0.245. The van der Waals surface area contributed by atoms with Crippen molar-refractivity contribution in [2.45, 2.75) is 0 Å². The molecule has 16 heavy (non-hydrogen) atoms. The van der Waals surface area contributed by atoms with E-state index >= 15 is 0 Å². The second-order valence-corrected chi connectivity index (χ2v) is 2.33. The number of hydrogen-bond acceptors (Lipinski definition) is 1. The van der Waals surface area contributed by atoms with Crippen LogP contribution in [0.3, 0.4) is 0 Å². The van der Waals surface area contributed by atoms with Crippen LogP contribution in [0.1, 0.15) is 5.56 Å². The molecule has 1 rings (SSSR count). The van der Waals surface area contributed by atoms with Crippen LogP contribution < -0.4 is 63.5 Å². The molecule has 1 aromatic carbocycles. The fourth-order valence-electron chi connectivity index (χ4n) is 0.520. The summed E-state index contributed by atoms with van der Waals surface area (Å²) in [6.45, 7) is 6.64. The monoisotopic (exact) mass is 497 g/mol. The van der Waals surface area contributed by atoms with Crippen molar-refractivity contribution >= 4 is 11.6 Å². The standard InChI is InChI=1S/C7H7N.C3H6NO.Rb.V.W/c1-6-4-2-3-5-7(6)8;1-3(5)4-2;;;/h2-5,8H,1H2;1H2,2H3,(H,4,5);;;/q-2;-1;+1;+2;. The average molecular weight is 497 g/mol. The molecule has 0 aliphatic rings. The normalized spacial score (nSPS) is 6.56. The van der Waals surface area contributed by atoms with E-state index in [0.29, 0.717) is 5.69 Å². The second kappa shape index (κ2) is 16.3. The van der Waals surface area contributed by atoms with Gasteiger partial charge in [-0.1, -0.05) is 6.07 Å². The van der Waals surface area contributed by atoms with Crippen LogP contribution in [-0.4, -0.2) is 13.0 Å². The Labute approximate surface area is 173 Å². The molecular formula is C10H13N2ORbVW. The van der Waals surface area contributed by atoms with Gasteiger partial charge in [0.2, 0.25) is 0 Å². The van der Waals surface area contributed by atoms with Gasteiger partial charge in [0.05, 0.1) is 5.91 Å². The molecule has 1 radical (unpaired) electrons. The van der Waals surface area contributed by atoms with E-state index in [1.165, 1.54) is 7.05 Å². The van der Waals surface area contributed by atoms with E-state index in [4.69, 9.17) is 5.73 Å². The third-order valence-electron chi connectivity index (χ3n) is 1.30. The van der Waals surface area contributed by atoms with Gasteiger partial charge in [0, 0.05) is 28.1 Å². The number of hydrogen-bond donors (Lipinski definition) is 1. The predicted molar refractivity (Wildman–Crippen MR) is 54.3 cm³/mol. The van der Waals surface area contributed by atoms with Crippen LogP contribution in [0, 0.1) is 13.8 Å². The first-order valence-electron chi connectivity index (χ1n) is 3.74. The summed E-state index contributed by atoms with van der Waals surface area (Å²) in [5, 5.41) is 2.28. The van der Waals surface area contributed by atoms with E-state index in [9.17, 15) is 4.79 Å². The number of rotatable bonds is 0. The van der Waals surface area contributed by atoms with Crippen LogP contribution >= 0.6 is 0 Å². The first kappa shape index (κ1) is 26.0. The summed E-state index contributed by atoms with van der Waals surface area (Å²) in [5.41, 5.74) is 8.45. The fraction of sp³-hybridized carbons (Fsp3) is 0.100. The minimum Gasteiger partial charge on any atom is -0.756 e. The topological polar surface area (TPSA) is 52.9 Å². The third kappa shape index (κ3) is 15.3. The number of carbonyl (C=O) groups excluding carboxylic acids is 1. The summed E-state index contributed by atoms with van der Waals surface area (Å²) in [7, 11) is 1.54. The maximum atomic E-state index is 9.59. The molecule has 0 unspecified atom stereocenters. The number of amides is 1. The molecule has 0 aliphatic carbocycles. The number of benzene rings is 1. The van der Waals surface area contributed by atoms with Crippen molar-refractivity contribution in [3.63, 3.8) is 0 Å². The molecule has 1 amide bonds. The Balaban J connectivity index is -0.0000000818. The van der Waals surface area contributed by atoms with E-state index in [1.54, 1.807) is 6.07 Å². The van der Waals surface area contributed by atoms with Crippen molar-refractivity contribution in [1.29, 1.82) is 0 Å². The Kier molecular flexibility index (Phi) is 26.5. The molecule has 6 heteroatoms. The maximum Gasteiger partial charge on any atom is 2.00 e. The summed E-state index contributed by atoms with van der Waals surface area (Å²) >= 11 is 0. The Bertz CT molecular complexity index is 266. The van der Waals surface area contributed by atoms with E-state index < -0.39 is 0 Å². The number of nitrogens with one attached hydrogen (secondary N) is 2. The van der Waals surface area contributed by atoms with Crippen LogP contribution in [0.4, 0.5) is 5.69 Å². The largest absolute Gasteiger partial charge is 2.00 e. The molecule has 0 saturated carbocycles. The minimum absolute atomic E-state index is 0. The molecule has 1 aromatic rings. The SMILES string of the molecule is [CH2-]C(=O)NC.[CH2-]c1ccccc1[NH-].[Rb+].[V+2].[W]. The molecule has 81 valence electrons. The van der Waals surface area contributed by atoms with Crippen molar-refractivity contribution in [1.82, 2.24) is 5.32 Å². The average Bonchev–Trinajstić information content (AvgIpc) is 2.11. The van der Waals surface area contributed by atoms with Gasteiger partial charge < -0.3 is 22.8 Å². The zero-order valence-corrected chi connectivity index (χ0v) is 18.7. The van der Waals surface area contributed by atoms with Gasteiger partial charge in [-0.05, 0) is 0 Å². The summed E-state index contributed by atoms with van der Waals surface area (Å²) in [6.07, 6.45) is 0. The molecule has 0 spiro atoms. The molecule has 0 aliphatic heterocycles. The van der Waals surface area contributed by atoms with E-state index in [-0.39, 0.29) is 104 Å². The molecule has 2 N–H and O–H groups in total. The van der Waals surface area contributed by atoms with E-state index in [0.717, 1.165) is 5.56 Å². The molecule has 0 fully saturated rings.